The van der Waals surface area contributed by atoms with E-state index in [0.29, 0.717) is 0 Å². The number of rotatable bonds is 23. The fourth-order valence-corrected chi connectivity index (χ4v) is 6.10. The van der Waals surface area contributed by atoms with E-state index in [2.05, 4.69) is 98.7 Å². The number of hydrogen-bond acceptors (Lipinski definition) is 0. The van der Waals surface area contributed by atoms with Gasteiger partial charge in [0.15, 0.2) is 0 Å². The van der Waals surface area contributed by atoms with Crippen molar-refractivity contribution in [2.45, 2.75) is 163 Å². The molecule has 0 unspecified atom stereocenters. The van der Waals surface area contributed by atoms with Gasteiger partial charge in [0.2, 0.25) is 0 Å². The highest BCUT2D eigenvalue weighted by atomic mass is 14.8. The summed E-state index contributed by atoms with van der Waals surface area (Å²) in [5.74, 6) is 9.96. The molecular formula is C43H62N2. The molecule has 0 bridgehead atoms. The zero-order valence-corrected chi connectivity index (χ0v) is 29.4. The Balaban J connectivity index is 2.51. The Morgan fingerprint density at radius 1 is 0.600 bits per heavy atom. The maximum Gasteiger partial charge on any atom is 0.303 e. The highest BCUT2D eigenvalue weighted by Crippen LogP contribution is 2.37. The number of aryl methyl sites for hydroxylation is 2. The van der Waals surface area contributed by atoms with Crippen LogP contribution in [0, 0.1) is 11.8 Å². The predicted octanol–water partition coefficient (Wildman–Crippen LogP) is 12.9. The number of unbranched alkanes of at least 4 members (excludes halogenated alkanes) is 12. The monoisotopic (exact) mass is 606 g/mol. The lowest BCUT2D eigenvalue weighted by Gasteiger charge is -2.20. The highest BCUT2D eigenvalue weighted by Gasteiger charge is 2.20. The Morgan fingerprint density at radius 3 is 1.89 bits per heavy atom. The molecule has 2 rings (SSSR count). The third-order valence-corrected chi connectivity index (χ3v) is 8.79. The van der Waals surface area contributed by atoms with Gasteiger partial charge in [0.1, 0.15) is 0 Å². The summed E-state index contributed by atoms with van der Waals surface area (Å²) in [4.78, 5) is 3.49. The number of benzene rings is 2. The van der Waals surface area contributed by atoms with Gasteiger partial charge in [0.25, 0.3) is 0 Å². The normalized spacial score (nSPS) is 11.3. The van der Waals surface area contributed by atoms with Crippen molar-refractivity contribution in [1.29, 1.82) is 0 Å². The maximum absolute atomic E-state index is 9.76. The quantitative estimate of drug-likeness (QED) is 0.0301. The molecule has 0 aliphatic heterocycles. The zero-order chi connectivity index (χ0) is 32.4. The van der Waals surface area contributed by atoms with Crippen LogP contribution in [0.15, 0.2) is 59.7 Å². The van der Waals surface area contributed by atoms with E-state index in [9.17, 15) is 5.53 Å². The van der Waals surface area contributed by atoms with Crippen LogP contribution in [0.1, 0.15) is 172 Å². The molecule has 2 nitrogen and oxygen atoms in total. The SMILES string of the molecule is CCCCCCCC#CCCCc1ccccc1C(=C(CCCCCC)C(=C=[N+]=[N-])CCCCC)c1ccc(CCCC)cc1. The van der Waals surface area contributed by atoms with Gasteiger partial charge in [-0.2, -0.15) is 0 Å². The Kier molecular flexibility index (Phi) is 21.3. The molecule has 0 saturated carbocycles. The lowest BCUT2D eigenvalue weighted by Crippen LogP contribution is -2.04. The first-order chi connectivity index (χ1) is 22.2. The van der Waals surface area contributed by atoms with Crippen molar-refractivity contribution in [2.24, 2.45) is 0 Å². The second-order valence-corrected chi connectivity index (χ2v) is 12.6. The van der Waals surface area contributed by atoms with E-state index < -0.39 is 0 Å². The fraction of sp³-hybridized carbons (Fsp3) is 0.581. The molecule has 0 fully saturated rings. The summed E-state index contributed by atoms with van der Waals surface area (Å²) in [5.41, 5.74) is 18.8. The molecule has 244 valence electrons. The largest absolute Gasteiger partial charge is 0.348 e. The van der Waals surface area contributed by atoms with Crippen LogP contribution in [0.3, 0.4) is 0 Å². The van der Waals surface area contributed by atoms with Crippen molar-refractivity contribution in [2.75, 3.05) is 0 Å². The topological polar surface area (TPSA) is 36.4 Å². The molecule has 0 saturated heterocycles. The van der Waals surface area contributed by atoms with Crippen LogP contribution >= 0.6 is 0 Å². The Bertz CT molecular complexity index is 1260. The summed E-state index contributed by atoms with van der Waals surface area (Å²) in [6.07, 6.45) is 24.1. The molecular weight excluding hydrogens is 544 g/mol. The summed E-state index contributed by atoms with van der Waals surface area (Å²) in [6.45, 7) is 9.03. The van der Waals surface area contributed by atoms with Gasteiger partial charge in [-0.25, -0.2) is 0 Å². The Hall–Kier alpha value is -3.10. The van der Waals surface area contributed by atoms with Crippen molar-refractivity contribution >= 4 is 11.4 Å². The molecule has 45 heavy (non-hydrogen) atoms. The summed E-state index contributed by atoms with van der Waals surface area (Å²) >= 11 is 0. The molecule has 0 heterocycles. The molecule has 0 atom stereocenters. The minimum absolute atomic E-state index is 0.884. The molecule has 2 aromatic carbocycles. The number of hydrogen-bond donors (Lipinski definition) is 0. The third kappa shape index (κ3) is 15.2. The third-order valence-electron chi connectivity index (χ3n) is 8.79. The molecule has 0 N–H and O–H groups in total. The smallest absolute Gasteiger partial charge is 0.303 e. The van der Waals surface area contributed by atoms with Crippen LogP contribution in [0.5, 0.6) is 0 Å². The summed E-state index contributed by atoms with van der Waals surface area (Å²) in [5, 5.41) is 0. The van der Waals surface area contributed by atoms with Crippen LogP contribution < -0.4 is 0 Å². The number of allylic oxidation sites excluding steroid dienone is 2. The van der Waals surface area contributed by atoms with E-state index in [4.69, 9.17) is 0 Å². The van der Waals surface area contributed by atoms with Gasteiger partial charge in [0, 0.05) is 12.8 Å². The number of nitrogens with zero attached hydrogens (tertiary/aromatic N) is 2. The summed E-state index contributed by atoms with van der Waals surface area (Å²) in [6, 6.07) is 18.3. The average Bonchev–Trinajstić information content (AvgIpc) is 3.06. The molecule has 0 amide bonds. The van der Waals surface area contributed by atoms with Crippen molar-refractivity contribution in [1.82, 2.24) is 0 Å². The highest BCUT2D eigenvalue weighted by molar-refractivity contribution is 5.88. The van der Waals surface area contributed by atoms with Gasteiger partial charge in [0.05, 0.1) is 5.57 Å². The zero-order valence-electron chi connectivity index (χ0n) is 29.4. The second-order valence-electron chi connectivity index (χ2n) is 12.6. The standard InChI is InChI=1S/C43H62N2/c1-5-9-13-15-16-17-18-19-20-22-27-38-28-24-25-31-41(38)43(39-34-32-37(33-35-39)26-12-8-4)42(30-23-14-10-6-2)40(36-45-44)29-21-11-7-3/h24-25,28,31-35H,5-17,20-23,26-27,29-30H2,1-4H3. The van der Waals surface area contributed by atoms with Gasteiger partial charge in [-0.05, 0) is 91.2 Å². The van der Waals surface area contributed by atoms with Crippen molar-refractivity contribution in [3.8, 4) is 11.8 Å². The molecule has 0 aliphatic carbocycles. The van der Waals surface area contributed by atoms with Gasteiger partial charge >= 0.3 is 5.87 Å². The van der Waals surface area contributed by atoms with Crippen LogP contribution in [-0.2, 0) is 12.8 Å². The minimum Gasteiger partial charge on any atom is -0.348 e. The second kappa shape index (κ2) is 25.1. The lowest BCUT2D eigenvalue weighted by atomic mass is 9.83. The predicted molar refractivity (Wildman–Crippen MR) is 197 cm³/mol. The van der Waals surface area contributed by atoms with Gasteiger partial charge in [-0.1, -0.05) is 140 Å². The van der Waals surface area contributed by atoms with Gasteiger partial charge in [-0.15, -0.1) is 16.6 Å². The molecule has 0 radical (unpaired) electrons. The van der Waals surface area contributed by atoms with Crippen LogP contribution in [0.4, 0.5) is 0 Å². The Labute approximate surface area is 277 Å². The van der Waals surface area contributed by atoms with E-state index in [0.717, 1.165) is 76.2 Å². The van der Waals surface area contributed by atoms with E-state index in [1.165, 1.54) is 97.6 Å². The van der Waals surface area contributed by atoms with Gasteiger partial charge in [-0.3, -0.25) is 0 Å². The van der Waals surface area contributed by atoms with E-state index in [1.807, 2.05) is 0 Å². The van der Waals surface area contributed by atoms with E-state index in [-0.39, 0.29) is 0 Å². The minimum atomic E-state index is 0.884. The van der Waals surface area contributed by atoms with Crippen LogP contribution in [0.2, 0.25) is 0 Å². The molecule has 0 aliphatic rings. The molecule has 2 aromatic rings. The van der Waals surface area contributed by atoms with E-state index >= 15 is 0 Å². The van der Waals surface area contributed by atoms with Gasteiger partial charge < -0.3 is 5.53 Å². The lowest BCUT2D eigenvalue weighted by molar-refractivity contribution is 0.00739. The van der Waals surface area contributed by atoms with Crippen LogP contribution in [0.25, 0.3) is 11.1 Å². The first-order valence-corrected chi connectivity index (χ1v) is 18.5. The maximum atomic E-state index is 9.76. The van der Waals surface area contributed by atoms with Crippen molar-refractivity contribution in [3.63, 3.8) is 0 Å². The van der Waals surface area contributed by atoms with E-state index in [1.54, 1.807) is 0 Å². The average molecular weight is 607 g/mol. The molecule has 0 aromatic heterocycles. The fourth-order valence-electron chi connectivity index (χ4n) is 6.10. The first kappa shape index (κ1) is 38.1. The van der Waals surface area contributed by atoms with Crippen molar-refractivity contribution in [3.05, 3.63) is 87.5 Å². The summed E-state index contributed by atoms with van der Waals surface area (Å²) in [7, 11) is 0. The van der Waals surface area contributed by atoms with Crippen LogP contribution in [-0.4, -0.2) is 10.7 Å². The first-order valence-electron chi connectivity index (χ1n) is 18.5. The molecule has 0 spiro atoms. The van der Waals surface area contributed by atoms with Crippen molar-refractivity contribution < 1.29 is 4.79 Å². The molecule has 2 heteroatoms. The summed E-state index contributed by atoms with van der Waals surface area (Å²) < 4.78 is 0. The Morgan fingerprint density at radius 2 is 1.20 bits per heavy atom.